The zero-order valence-electron chi connectivity index (χ0n) is 36.9. The van der Waals surface area contributed by atoms with Crippen LogP contribution in [-0.2, 0) is 0 Å². The predicted octanol–water partition coefficient (Wildman–Crippen LogP) is 16.1. The van der Waals surface area contributed by atoms with Crippen LogP contribution < -0.4 is 0 Å². The highest BCUT2D eigenvalue weighted by Crippen LogP contribution is 2.44. The summed E-state index contributed by atoms with van der Waals surface area (Å²) in [5.74, 6) is 1.75. The molecule has 0 aliphatic heterocycles. The Morgan fingerprint density at radius 1 is 0.250 bits per heavy atom. The molecule has 0 saturated heterocycles. The number of hydrogen-bond donors (Lipinski definition) is 0. The van der Waals surface area contributed by atoms with Crippen LogP contribution in [0.2, 0.25) is 0 Å². The number of aromatic nitrogens is 5. The van der Waals surface area contributed by atoms with Crippen molar-refractivity contribution in [2.75, 3.05) is 0 Å². The second-order valence-corrected chi connectivity index (χ2v) is 17.2. The fraction of sp³-hybridized carbons (Fsp3) is 0. The maximum Gasteiger partial charge on any atom is 0.238 e. The highest BCUT2D eigenvalue weighted by Gasteiger charge is 2.24. The van der Waals surface area contributed by atoms with E-state index in [1.165, 1.54) is 16.7 Å². The lowest BCUT2D eigenvalue weighted by Gasteiger charge is -2.17. The molecule has 68 heavy (non-hydrogen) atoms. The van der Waals surface area contributed by atoms with Gasteiger partial charge in [-0.25, -0.2) is 4.98 Å². The van der Waals surface area contributed by atoms with Gasteiger partial charge < -0.3 is 4.57 Å². The van der Waals surface area contributed by atoms with Gasteiger partial charge in [0.1, 0.15) is 0 Å². The van der Waals surface area contributed by atoms with Crippen molar-refractivity contribution >= 4 is 43.6 Å². The molecule has 0 bridgehead atoms. The van der Waals surface area contributed by atoms with E-state index < -0.39 is 0 Å². The van der Waals surface area contributed by atoms with Crippen LogP contribution >= 0.6 is 0 Å². The minimum absolute atomic E-state index is 0.546. The van der Waals surface area contributed by atoms with Crippen molar-refractivity contribution in [3.63, 3.8) is 0 Å². The van der Waals surface area contributed by atoms with Gasteiger partial charge in [0.2, 0.25) is 5.95 Å². The topological polar surface area (TPSA) is 48.5 Å². The van der Waals surface area contributed by atoms with Gasteiger partial charge in [-0.15, -0.1) is 0 Å². The Kier molecular flexibility index (Phi) is 9.43. The number of fused-ring (bicyclic) bond motifs is 7. The van der Waals surface area contributed by atoms with Crippen LogP contribution in [0.4, 0.5) is 0 Å². The molecule has 5 heteroatoms. The van der Waals surface area contributed by atoms with E-state index in [2.05, 4.69) is 234 Å². The zero-order chi connectivity index (χ0) is 45.0. The lowest BCUT2D eigenvalue weighted by molar-refractivity contribution is 0.953. The molecule has 13 rings (SSSR count). The molecule has 0 atom stereocenters. The van der Waals surface area contributed by atoms with Gasteiger partial charge in [0.25, 0.3) is 0 Å². The van der Waals surface area contributed by atoms with Gasteiger partial charge in [0.15, 0.2) is 11.6 Å². The second kappa shape index (κ2) is 16.4. The maximum absolute atomic E-state index is 5.45. The quantitative estimate of drug-likeness (QED) is 0.153. The average Bonchev–Trinajstić information content (AvgIpc) is 3.95. The summed E-state index contributed by atoms with van der Waals surface area (Å²) < 4.78 is 4.74. The fourth-order valence-electron chi connectivity index (χ4n) is 10.1. The van der Waals surface area contributed by atoms with E-state index in [-0.39, 0.29) is 0 Å². The van der Waals surface area contributed by atoms with Gasteiger partial charge in [-0.2, -0.15) is 9.97 Å². The molecule has 0 spiro atoms. The minimum atomic E-state index is 0.546. The van der Waals surface area contributed by atoms with Crippen molar-refractivity contribution in [2.24, 2.45) is 0 Å². The van der Waals surface area contributed by atoms with Gasteiger partial charge in [-0.1, -0.05) is 212 Å². The number of benzene rings is 10. The first-order valence-electron chi connectivity index (χ1n) is 23.0. The maximum atomic E-state index is 5.45. The van der Waals surface area contributed by atoms with E-state index in [1.807, 2.05) is 24.3 Å². The number of rotatable bonds is 8. The Morgan fingerprint density at radius 2 is 0.676 bits per heavy atom. The van der Waals surface area contributed by atoms with Crippen molar-refractivity contribution in [1.29, 1.82) is 0 Å². The lowest BCUT2D eigenvalue weighted by atomic mass is 9.92. The van der Waals surface area contributed by atoms with Gasteiger partial charge >= 0.3 is 0 Å². The smallest absolute Gasteiger partial charge is 0.238 e. The van der Waals surface area contributed by atoms with Gasteiger partial charge in [-0.05, 0) is 80.9 Å². The minimum Gasteiger partial charge on any atom is -0.307 e. The first kappa shape index (κ1) is 39.2. The number of hydrogen-bond acceptors (Lipinski definition) is 3. The summed E-state index contributed by atoms with van der Waals surface area (Å²) in [6.07, 6.45) is 0. The molecule has 318 valence electrons. The zero-order valence-corrected chi connectivity index (χ0v) is 36.9. The third-order valence-corrected chi connectivity index (χ3v) is 13.2. The Bertz CT molecular complexity index is 4010. The molecule has 0 radical (unpaired) electrons. The Hall–Kier alpha value is -9.19. The number of nitrogens with zero attached hydrogens (tertiary/aromatic N) is 5. The monoisotopic (exact) mass is 867 g/mol. The molecule has 0 N–H and O–H groups in total. The Labute approximate surface area is 393 Å². The molecule has 3 heterocycles. The molecule has 0 amide bonds. The van der Waals surface area contributed by atoms with Crippen LogP contribution in [0, 0.1) is 0 Å². The van der Waals surface area contributed by atoms with Crippen molar-refractivity contribution in [3.05, 3.63) is 249 Å². The first-order chi connectivity index (χ1) is 33.7. The lowest BCUT2D eigenvalue weighted by Crippen LogP contribution is -2.07. The summed E-state index contributed by atoms with van der Waals surface area (Å²) in [5, 5.41) is 4.53. The second-order valence-electron chi connectivity index (χ2n) is 17.2. The van der Waals surface area contributed by atoms with Crippen LogP contribution in [0.25, 0.3) is 123 Å². The van der Waals surface area contributed by atoms with Crippen LogP contribution in [0.1, 0.15) is 0 Å². The Morgan fingerprint density at radius 3 is 1.31 bits per heavy atom. The van der Waals surface area contributed by atoms with Crippen molar-refractivity contribution in [1.82, 2.24) is 24.1 Å². The van der Waals surface area contributed by atoms with Crippen LogP contribution in [0.15, 0.2) is 249 Å². The molecular weight excluding hydrogens is 827 g/mol. The molecular formula is C63H41N5. The largest absolute Gasteiger partial charge is 0.307 e. The van der Waals surface area contributed by atoms with E-state index in [0.717, 1.165) is 88.2 Å². The molecule has 3 aromatic heterocycles. The molecule has 0 saturated carbocycles. The van der Waals surface area contributed by atoms with Crippen molar-refractivity contribution in [3.8, 4) is 78.9 Å². The van der Waals surface area contributed by atoms with E-state index in [9.17, 15) is 0 Å². The standard InChI is InChI=1S/C63H41N5/c1-5-20-42(21-6-1)46-28-19-29-47(38-46)62-64-61(45-26-11-4-12-27-45)65-63(66-62)68-58-35-18-16-33-54(58)56-37-36-55-53-32-15-17-34-57(53)67(59(55)60(56)68)50-40-48(43-22-7-2-8-23-43)39-49(41-50)52-31-14-13-30-51(52)44-24-9-3-10-25-44/h1-41H. The van der Waals surface area contributed by atoms with Crippen LogP contribution in [-0.4, -0.2) is 24.1 Å². The van der Waals surface area contributed by atoms with E-state index in [1.54, 1.807) is 0 Å². The molecule has 0 fully saturated rings. The summed E-state index contributed by atoms with van der Waals surface area (Å²) in [4.78, 5) is 16.0. The molecule has 5 nitrogen and oxygen atoms in total. The number of para-hydroxylation sites is 2. The molecule has 0 aliphatic carbocycles. The molecule has 0 unspecified atom stereocenters. The summed E-state index contributed by atoms with van der Waals surface area (Å²) in [5.41, 5.74) is 16.3. The van der Waals surface area contributed by atoms with Crippen molar-refractivity contribution < 1.29 is 0 Å². The summed E-state index contributed by atoms with van der Waals surface area (Å²) >= 11 is 0. The third kappa shape index (κ3) is 6.68. The van der Waals surface area contributed by atoms with Gasteiger partial charge in [-0.3, -0.25) is 4.57 Å². The summed E-state index contributed by atoms with van der Waals surface area (Å²) in [7, 11) is 0. The SMILES string of the molecule is c1ccc(-c2cccc(-c3nc(-c4ccccc4)nc(-n4c5ccccc5c5ccc6c7ccccc7n(-c7cc(-c8ccccc8)cc(-c8ccccc8-c8ccccc8)c7)c6c54)n3)c2)cc1. The third-order valence-electron chi connectivity index (χ3n) is 13.2. The van der Waals surface area contributed by atoms with Crippen LogP contribution in [0.5, 0.6) is 0 Å². The fourth-order valence-corrected chi connectivity index (χ4v) is 10.1. The van der Waals surface area contributed by atoms with E-state index in [0.29, 0.717) is 17.6 Å². The normalized spacial score (nSPS) is 11.5. The molecule has 10 aromatic carbocycles. The predicted molar refractivity (Wildman–Crippen MR) is 281 cm³/mol. The average molecular weight is 868 g/mol. The van der Waals surface area contributed by atoms with Crippen molar-refractivity contribution in [2.45, 2.75) is 0 Å². The molecule has 13 aromatic rings. The van der Waals surface area contributed by atoms with E-state index >= 15 is 0 Å². The van der Waals surface area contributed by atoms with E-state index in [4.69, 9.17) is 15.0 Å². The summed E-state index contributed by atoms with van der Waals surface area (Å²) in [6, 6.07) is 88.3. The van der Waals surface area contributed by atoms with Gasteiger partial charge in [0.05, 0.1) is 22.1 Å². The molecule has 0 aliphatic rings. The highest BCUT2D eigenvalue weighted by atomic mass is 15.2. The Balaban J connectivity index is 1.13. The highest BCUT2D eigenvalue weighted by molar-refractivity contribution is 6.23. The first-order valence-corrected chi connectivity index (χ1v) is 23.0. The van der Waals surface area contributed by atoms with Gasteiger partial charge in [0, 0.05) is 38.4 Å². The summed E-state index contributed by atoms with van der Waals surface area (Å²) in [6.45, 7) is 0. The van der Waals surface area contributed by atoms with Crippen LogP contribution in [0.3, 0.4) is 0 Å².